The van der Waals surface area contributed by atoms with Crippen LogP contribution in [0.4, 0.5) is 0 Å². The molecule has 0 heterocycles. The van der Waals surface area contributed by atoms with Crippen LogP contribution in [0.3, 0.4) is 0 Å². The van der Waals surface area contributed by atoms with Crippen LogP contribution in [-0.4, -0.2) is 33.3 Å². The molecule has 0 radical (unpaired) electrons. The van der Waals surface area contributed by atoms with Crippen LogP contribution < -0.4 is 19.5 Å². The molecule has 0 aliphatic rings. The van der Waals surface area contributed by atoms with E-state index in [2.05, 4.69) is 21.2 Å². The zero-order chi connectivity index (χ0) is 16.7. The lowest BCUT2D eigenvalue weighted by molar-refractivity contribution is 0.0946. The second-order valence-electron chi connectivity index (χ2n) is 4.58. The second-order valence-corrected chi connectivity index (χ2v) is 5.43. The van der Waals surface area contributed by atoms with Crippen molar-refractivity contribution in [3.8, 4) is 17.2 Å². The largest absolute Gasteiger partial charge is 0.493 e. The lowest BCUT2D eigenvalue weighted by Crippen LogP contribution is -2.28. The van der Waals surface area contributed by atoms with Gasteiger partial charge in [0.2, 0.25) is 5.75 Å². The van der Waals surface area contributed by atoms with E-state index in [-0.39, 0.29) is 5.91 Å². The van der Waals surface area contributed by atoms with Crippen molar-refractivity contribution in [2.75, 3.05) is 27.4 Å². The number of nitrogens with one attached hydrogen (secondary N) is 1. The van der Waals surface area contributed by atoms with Crippen molar-refractivity contribution in [1.82, 2.24) is 5.32 Å². The van der Waals surface area contributed by atoms with E-state index >= 15 is 0 Å². The van der Waals surface area contributed by atoms with Gasteiger partial charge in [-0.25, -0.2) is 0 Å². The summed E-state index contributed by atoms with van der Waals surface area (Å²) in [6, 6.07) is 12.7. The fourth-order valence-corrected chi connectivity index (χ4v) is 2.50. The number of benzene rings is 2. The summed E-state index contributed by atoms with van der Waals surface area (Å²) in [4.78, 5) is 12.1. The third-order valence-corrected chi connectivity index (χ3v) is 3.82. The highest BCUT2D eigenvalue weighted by Crippen LogP contribution is 2.36. The van der Waals surface area contributed by atoms with Crippen LogP contribution in [0.15, 0.2) is 46.9 Å². The molecule has 1 amide bonds. The average Bonchev–Trinajstić information content (AvgIpc) is 2.58. The highest BCUT2D eigenvalue weighted by Gasteiger charge is 2.11. The van der Waals surface area contributed by atoms with Crippen LogP contribution in [0.2, 0.25) is 0 Å². The zero-order valence-electron chi connectivity index (χ0n) is 13.0. The molecule has 0 unspecified atom stereocenters. The summed E-state index contributed by atoms with van der Waals surface area (Å²) in [5, 5.41) is 2.81. The summed E-state index contributed by atoms with van der Waals surface area (Å²) in [6.45, 7) is 0.695. The normalized spacial score (nSPS) is 10.0. The van der Waals surface area contributed by atoms with Crippen LogP contribution in [0.25, 0.3) is 0 Å². The zero-order valence-corrected chi connectivity index (χ0v) is 14.6. The maximum absolute atomic E-state index is 12.1. The van der Waals surface area contributed by atoms with Gasteiger partial charge in [-0.2, -0.15) is 0 Å². The fourth-order valence-electron chi connectivity index (χ4n) is 2.04. The van der Waals surface area contributed by atoms with Gasteiger partial charge in [0.1, 0.15) is 6.61 Å². The molecule has 0 atom stereocenters. The number of methoxy groups -OCH3 is 2. The van der Waals surface area contributed by atoms with E-state index in [1.54, 1.807) is 32.4 Å². The molecule has 2 aromatic carbocycles. The first-order valence-electron chi connectivity index (χ1n) is 7.04. The standard InChI is InChI=1S/C17H18BrNO4/c1-21-14-8-5-9-15(16(14)22-2)23-11-10-19-17(20)12-6-3-4-7-13(12)18/h3-9H,10-11H2,1-2H3,(H,19,20). The highest BCUT2D eigenvalue weighted by molar-refractivity contribution is 9.10. The van der Waals surface area contributed by atoms with E-state index in [9.17, 15) is 4.79 Å². The molecule has 0 saturated carbocycles. The Balaban J connectivity index is 1.89. The molecule has 5 nitrogen and oxygen atoms in total. The first kappa shape index (κ1) is 17.1. The quantitative estimate of drug-likeness (QED) is 0.750. The van der Waals surface area contributed by atoms with Gasteiger partial charge >= 0.3 is 0 Å². The maximum atomic E-state index is 12.1. The van der Waals surface area contributed by atoms with Gasteiger partial charge in [0.25, 0.3) is 5.91 Å². The lowest BCUT2D eigenvalue weighted by Gasteiger charge is -2.13. The fraction of sp³-hybridized carbons (Fsp3) is 0.235. The summed E-state index contributed by atoms with van der Waals surface area (Å²) < 4.78 is 16.9. The molecule has 23 heavy (non-hydrogen) atoms. The summed E-state index contributed by atoms with van der Waals surface area (Å²) in [5.74, 6) is 1.55. The molecule has 0 aliphatic heterocycles. The number of halogens is 1. The molecule has 2 rings (SSSR count). The van der Waals surface area contributed by atoms with Gasteiger partial charge in [-0.3, -0.25) is 4.79 Å². The van der Waals surface area contributed by atoms with E-state index in [4.69, 9.17) is 14.2 Å². The minimum Gasteiger partial charge on any atom is -0.493 e. The number of rotatable bonds is 7. The average molecular weight is 380 g/mol. The Bertz CT molecular complexity index is 675. The number of ether oxygens (including phenoxy) is 3. The molecular weight excluding hydrogens is 362 g/mol. The molecule has 6 heteroatoms. The predicted octanol–water partition coefficient (Wildman–Crippen LogP) is 3.28. The molecule has 0 aromatic heterocycles. The molecule has 0 fully saturated rings. The van der Waals surface area contributed by atoms with Gasteiger partial charge in [0, 0.05) is 4.47 Å². The maximum Gasteiger partial charge on any atom is 0.252 e. The number of carbonyl (C=O) groups is 1. The first-order chi connectivity index (χ1) is 11.2. The minimum atomic E-state index is -0.154. The molecule has 0 spiro atoms. The van der Waals surface area contributed by atoms with Gasteiger partial charge < -0.3 is 19.5 Å². The van der Waals surface area contributed by atoms with Crippen molar-refractivity contribution in [3.63, 3.8) is 0 Å². The van der Waals surface area contributed by atoms with Crippen LogP contribution in [0, 0.1) is 0 Å². The van der Waals surface area contributed by atoms with Crippen molar-refractivity contribution in [2.45, 2.75) is 0 Å². The number of para-hydroxylation sites is 1. The SMILES string of the molecule is COc1cccc(OCCNC(=O)c2ccccc2Br)c1OC. The third-order valence-electron chi connectivity index (χ3n) is 3.13. The Morgan fingerprint density at radius 3 is 2.48 bits per heavy atom. The van der Waals surface area contributed by atoms with Gasteiger partial charge in [0.05, 0.1) is 26.3 Å². The summed E-state index contributed by atoms with van der Waals surface area (Å²) in [6.07, 6.45) is 0. The highest BCUT2D eigenvalue weighted by atomic mass is 79.9. The summed E-state index contributed by atoms with van der Waals surface area (Å²) in [5.41, 5.74) is 0.589. The smallest absolute Gasteiger partial charge is 0.252 e. The molecule has 0 bridgehead atoms. The molecule has 1 N–H and O–H groups in total. The monoisotopic (exact) mass is 379 g/mol. The van der Waals surface area contributed by atoms with E-state index in [1.807, 2.05) is 24.3 Å². The van der Waals surface area contributed by atoms with E-state index < -0.39 is 0 Å². The topological polar surface area (TPSA) is 56.8 Å². The number of amides is 1. The Morgan fingerprint density at radius 1 is 1.04 bits per heavy atom. The molecule has 2 aromatic rings. The van der Waals surface area contributed by atoms with Gasteiger partial charge in [-0.1, -0.05) is 18.2 Å². The summed E-state index contributed by atoms with van der Waals surface area (Å²) >= 11 is 3.35. The van der Waals surface area contributed by atoms with Crippen molar-refractivity contribution >= 4 is 21.8 Å². The van der Waals surface area contributed by atoms with Gasteiger partial charge in [0.15, 0.2) is 11.5 Å². The van der Waals surface area contributed by atoms with Crippen LogP contribution in [-0.2, 0) is 0 Å². The molecule has 122 valence electrons. The molecule has 0 saturated heterocycles. The van der Waals surface area contributed by atoms with Crippen LogP contribution in [0.5, 0.6) is 17.2 Å². The van der Waals surface area contributed by atoms with Crippen molar-refractivity contribution in [1.29, 1.82) is 0 Å². The minimum absolute atomic E-state index is 0.154. The Labute approximate surface area is 143 Å². The number of hydrogen-bond donors (Lipinski definition) is 1. The molecule has 0 aliphatic carbocycles. The van der Waals surface area contributed by atoms with E-state index in [1.165, 1.54) is 0 Å². The van der Waals surface area contributed by atoms with Crippen LogP contribution in [0.1, 0.15) is 10.4 Å². The van der Waals surface area contributed by atoms with Gasteiger partial charge in [-0.05, 0) is 40.2 Å². The lowest BCUT2D eigenvalue weighted by atomic mass is 10.2. The Morgan fingerprint density at radius 2 is 1.78 bits per heavy atom. The number of carbonyl (C=O) groups excluding carboxylic acids is 1. The Kier molecular flexibility index (Phi) is 6.29. The summed E-state index contributed by atoms with van der Waals surface area (Å²) in [7, 11) is 3.12. The molecular formula is C17H18BrNO4. The van der Waals surface area contributed by atoms with Crippen molar-refractivity contribution < 1.29 is 19.0 Å². The third kappa shape index (κ3) is 4.39. The van der Waals surface area contributed by atoms with E-state index in [0.29, 0.717) is 36.0 Å². The first-order valence-corrected chi connectivity index (χ1v) is 7.83. The number of hydrogen-bond acceptors (Lipinski definition) is 4. The second kappa shape index (κ2) is 8.43. The Hall–Kier alpha value is -2.21. The predicted molar refractivity (Wildman–Crippen MR) is 91.5 cm³/mol. The van der Waals surface area contributed by atoms with E-state index in [0.717, 1.165) is 4.47 Å². The van der Waals surface area contributed by atoms with Crippen LogP contribution >= 0.6 is 15.9 Å². The van der Waals surface area contributed by atoms with Gasteiger partial charge in [-0.15, -0.1) is 0 Å². The van der Waals surface area contributed by atoms with Crippen molar-refractivity contribution in [3.05, 3.63) is 52.5 Å². The van der Waals surface area contributed by atoms with Crippen molar-refractivity contribution in [2.24, 2.45) is 0 Å².